The minimum absolute atomic E-state index is 0.00629. The van der Waals surface area contributed by atoms with Gasteiger partial charge >= 0.3 is 0 Å². The van der Waals surface area contributed by atoms with Crippen LogP contribution in [-0.4, -0.2) is 43.0 Å². The van der Waals surface area contributed by atoms with Crippen molar-refractivity contribution in [3.8, 4) is 0 Å². The quantitative estimate of drug-likeness (QED) is 0.826. The third-order valence-corrected chi connectivity index (χ3v) is 4.88. The number of hydrogen-bond donors (Lipinski definition) is 2. The number of likely N-dealkylation sites (N-methyl/N-ethyl adjacent to an activating group) is 1. The van der Waals surface area contributed by atoms with E-state index in [4.69, 9.17) is 0 Å². The molecule has 0 spiro atoms. The molecule has 2 N–H and O–H groups in total. The summed E-state index contributed by atoms with van der Waals surface area (Å²) in [5, 5.41) is 6.19. The Kier molecular flexibility index (Phi) is 6.21. The Morgan fingerprint density at radius 2 is 2.29 bits per heavy atom. The third kappa shape index (κ3) is 4.80. The molecule has 1 saturated heterocycles. The van der Waals surface area contributed by atoms with E-state index >= 15 is 0 Å². The second-order valence-corrected chi connectivity index (χ2v) is 6.42. The van der Waals surface area contributed by atoms with Gasteiger partial charge in [-0.2, -0.15) is 0 Å². The SMILES string of the molecule is CCN1CCCC1CNCC(=O)Nc1ccc(C)c(Br)c1. The molecule has 0 aromatic heterocycles. The summed E-state index contributed by atoms with van der Waals surface area (Å²) in [4.78, 5) is 14.4. The van der Waals surface area contributed by atoms with E-state index in [1.54, 1.807) is 0 Å². The minimum atomic E-state index is 0.00629. The van der Waals surface area contributed by atoms with Crippen molar-refractivity contribution in [1.29, 1.82) is 0 Å². The van der Waals surface area contributed by atoms with Gasteiger partial charge < -0.3 is 10.6 Å². The predicted molar refractivity (Wildman–Crippen MR) is 90.6 cm³/mol. The maximum absolute atomic E-state index is 11.9. The van der Waals surface area contributed by atoms with Crippen molar-refractivity contribution in [2.75, 3.05) is 31.5 Å². The number of rotatable bonds is 6. The molecule has 1 fully saturated rings. The van der Waals surface area contributed by atoms with Crippen LogP contribution in [0.2, 0.25) is 0 Å². The summed E-state index contributed by atoms with van der Waals surface area (Å²) in [6, 6.07) is 6.43. The highest BCUT2D eigenvalue weighted by Gasteiger charge is 2.22. The fourth-order valence-electron chi connectivity index (χ4n) is 2.77. The molecule has 0 radical (unpaired) electrons. The molecule has 116 valence electrons. The maximum Gasteiger partial charge on any atom is 0.238 e. The lowest BCUT2D eigenvalue weighted by molar-refractivity contribution is -0.115. The van der Waals surface area contributed by atoms with Crippen molar-refractivity contribution in [1.82, 2.24) is 10.2 Å². The number of halogens is 1. The Labute approximate surface area is 135 Å². The van der Waals surface area contributed by atoms with E-state index in [1.165, 1.54) is 19.4 Å². The molecule has 2 rings (SSSR count). The Hall–Kier alpha value is -0.910. The lowest BCUT2D eigenvalue weighted by Crippen LogP contribution is -2.40. The van der Waals surface area contributed by atoms with Crippen molar-refractivity contribution in [2.24, 2.45) is 0 Å². The van der Waals surface area contributed by atoms with Gasteiger partial charge in [0, 0.05) is 22.7 Å². The lowest BCUT2D eigenvalue weighted by Gasteiger charge is -2.22. The molecule has 4 nitrogen and oxygen atoms in total. The highest BCUT2D eigenvalue weighted by molar-refractivity contribution is 9.10. The number of amides is 1. The molecule has 1 atom stereocenters. The number of benzene rings is 1. The molecule has 1 amide bonds. The van der Waals surface area contributed by atoms with Crippen LogP contribution < -0.4 is 10.6 Å². The number of aryl methyl sites for hydroxylation is 1. The van der Waals surface area contributed by atoms with E-state index in [-0.39, 0.29) is 5.91 Å². The van der Waals surface area contributed by atoms with Gasteiger partial charge in [0.1, 0.15) is 0 Å². The van der Waals surface area contributed by atoms with E-state index in [0.29, 0.717) is 12.6 Å². The molecule has 5 heteroatoms. The predicted octanol–water partition coefficient (Wildman–Crippen LogP) is 2.77. The van der Waals surface area contributed by atoms with Crippen molar-refractivity contribution in [2.45, 2.75) is 32.7 Å². The standard InChI is InChI=1S/C16H24BrN3O/c1-3-20-8-4-5-14(20)10-18-11-16(21)19-13-7-6-12(2)15(17)9-13/h6-7,9,14,18H,3-5,8,10-11H2,1-2H3,(H,19,21). The van der Waals surface area contributed by atoms with Crippen LogP contribution in [0.25, 0.3) is 0 Å². The van der Waals surface area contributed by atoms with Gasteiger partial charge in [0.15, 0.2) is 0 Å². The van der Waals surface area contributed by atoms with E-state index in [1.807, 2.05) is 25.1 Å². The van der Waals surface area contributed by atoms with Crippen molar-refractivity contribution in [3.05, 3.63) is 28.2 Å². The highest BCUT2D eigenvalue weighted by atomic mass is 79.9. The van der Waals surface area contributed by atoms with Crippen LogP contribution in [0, 0.1) is 6.92 Å². The molecule has 21 heavy (non-hydrogen) atoms. The Morgan fingerprint density at radius 1 is 1.48 bits per heavy atom. The van der Waals surface area contributed by atoms with Crippen molar-refractivity contribution in [3.63, 3.8) is 0 Å². The second-order valence-electron chi connectivity index (χ2n) is 5.57. The highest BCUT2D eigenvalue weighted by Crippen LogP contribution is 2.20. The second kappa shape index (κ2) is 7.92. The molecular formula is C16H24BrN3O. The van der Waals surface area contributed by atoms with Crippen LogP contribution >= 0.6 is 15.9 Å². The summed E-state index contributed by atoms with van der Waals surface area (Å²) < 4.78 is 1.01. The Bertz CT molecular complexity index is 492. The zero-order chi connectivity index (χ0) is 15.2. The summed E-state index contributed by atoms with van der Waals surface area (Å²) in [7, 11) is 0. The number of carbonyl (C=O) groups excluding carboxylic acids is 1. The van der Waals surface area contributed by atoms with Gasteiger partial charge in [0.05, 0.1) is 6.54 Å². The number of nitrogens with zero attached hydrogens (tertiary/aromatic N) is 1. The first-order chi connectivity index (χ1) is 10.1. The van der Waals surface area contributed by atoms with Crippen LogP contribution in [-0.2, 0) is 4.79 Å². The summed E-state index contributed by atoms with van der Waals surface area (Å²) in [6.45, 7) is 7.75. The average molecular weight is 354 g/mol. The summed E-state index contributed by atoms with van der Waals surface area (Å²) >= 11 is 3.48. The average Bonchev–Trinajstić information content (AvgIpc) is 2.90. The molecular weight excluding hydrogens is 330 g/mol. The summed E-state index contributed by atoms with van der Waals surface area (Å²) in [5.41, 5.74) is 1.99. The molecule has 1 aromatic rings. The van der Waals surface area contributed by atoms with Gasteiger partial charge in [-0.3, -0.25) is 9.69 Å². The topological polar surface area (TPSA) is 44.4 Å². The number of nitrogens with one attached hydrogen (secondary N) is 2. The minimum Gasteiger partial charge on any atom is -0.325 e. The van der Waals surface area contributed by atoms with Gasteiger partial charge in [0.2, 0.25) is 5.91 Å². The molecule has 0 saturated carbocycles. The van der Waals surface area contributed by atoms with Gasteiger partial charge in [-0.15, -0.1) is 0 Å². The zero-order valence-electron chi connectivity index (χ0n) is 12.8. The number of likely N-dealkylation sites (tertiary alicyclic amines) is 1. The summed E-state index contributed by atoms with van der Waals surface area (Å²) in [5.74, 6) is 0.00629. The lowest BCUT2D eigenvalue weighted by atomic mass is 10.2. The zero-order valence-corrected chi connectivity index (χ0v) is 14.4. The molecule has 1 aromatic carbocycles. The summed E-state index contributed by atoms with van der Waals surface area (Å²) in [6.07, 6.45) is 2.50. The molecule has 0 bridgehead atoms. The fourth-order valence-corrected chi connectivity index (χ4v) is 3.15. The maximum atomic E-state index is 11.9. The number of anilines is 1. The van der Waals surface area contributed by atoms with Gasteiger partial charge in [-0.25, -0.2) is 0 Å². The largest absolute Gasteiger partial charge is 0.325 e. The molecule has 0 aliphatic carbocycles. The Morgan fingerprint density at radius 3 is 3.00 bits per heavy atom. The van der Waals surface area contributed by atoms with Gasteiger partial charge in [0.25, 0.3) is 0 Å². The molecule has 1 heterocycles. The molecule has 1 aliphatic rings. The first kappa shape index (κ1) is 16.5. The van der Waals surface area contributed by atoms with Crippen molar-refractivity contribution >= 4 is 27.5 Å². The smallest absolute Gasteiger partial charge is 0.238 e. The van der Waals surface area contributed by atoms with E-state index < -0.39 is 0 Å². The monoisotopic (exact) mass is 353 g/mol. The van der Waals surface area contributed by atoms with Crippen LogP contribution in [0.15, 0.2) is 22.7 Å². The van der Waals surface area contributed by atoms with Crippen LogP contribution in [0.1, 0.15) is 25.3 Å². The molecule has 1 unspecified atom stereocenters. The first-order valence-electron chi connectivity index (χ1n) is 7.61. The van der Waals surface area contributed by atoms with Crippen LogP contribution in [0.5, 0.6) is 0 Å². The first-order valence-corrected chi connectivity index (χ1v) is 8.40. The van der Waals surface area contributed by atoms with Gasteiger partial charge in [-0.05, 0) is 50.6 Å². The Balaban J connectivity index is 1.73. The van der Waals surface area contributed by atoms with Crippen LogP contribution in [0.3, 0.4) is 0 Å². The van der Waals surface area contributed by atoms with E-state index in [2.05, 4.69) is 38.4 Å². The normalized spacial score (nSPS) is 18.9. The third-order valence-electron chi connectivity index (χ3n) is 4.03. The van der Waals surface area contributed by atoms with Crippen molar-refractivity contribution < 1.29 is 4.79 Å². The number of carbonyl (C=O) groups is 1. The fraction of sp³-hybridized carbons (Fsp3) is 0.562. The van der Waals surface area contributed by atoms with Gasteiger partial charge in [-0.1, -0.05) is 28.9 Å². The van der Waals surface area contributed by atoms with E-state index in [9.17, 15) is 4.79 Å². The molecule has 1 aliphatic heterocycles. The number of hydrogen-bond acceptors (Lipinski definition) is 3. The van der Waals surface area contributed by atoms with E-state index in [0.717, 1.165) is 28.8 Å². The van der Waals surface area contributed by atoms with Crippen LogP contribution in [0.4, 0.5) is 5.69 Å².